The van der Waals surface area contributed by atoms with Crippen LogP contribution < -0.4 is 24.6 Å². The van der Waals surface area contributed by atoms with Crippen LogP contribution in [0.5, 0.6) is 11.5 Å². The average Bonchev–Trinajstić information content (AvgIpc) is 4.06. The van der Waals surface area contributed by atoms with E-state index in [1.54, 1.807) is 67.9 Å². The van der Waals surface area contributed by atoms with Gasteiger partial charge in [-0.15, -0.1) is 5.10 Å². The molecule has 2 aliphatic heterocycles. The van der Waals surface area contributed by atoms with Gasteiger partial charge in [-0.05, 0) is 102 Å². The van der Waals surface area contributed by atoms with E-state index in [0.717, 1.165) is 29.1 Å². The topological polar surface area (TPSA) is 159 Å². The van der Waals surface area contributed by atoms with Gasteiger partial charge in [0, 0.05) is 30.3 Å². The lowest BCUT2D eigenvalue weighted by Crippen LogP contribution is -2.41. The highest BCUT2D eigenvalue weighted by molar-refractivity contribution is 6.23. The number of anilines is 4. The van der Waals surface area contributed by atoms with Crippen molar-refractivity contribution in [3.8, 4) is 11.5 Å². The van der Waals surface area contributed by atoms with Crippen LogP contribution in [0.15, 0.2) is 36.4 Å². The van der Waals surface area contributed by atoms with Crippen LogP contribution in [0.1, 0.15) is 89.6 Å². The summed E-state index contributed by atoms with van der Waals surface area (Å²) in [5, 5.41) is 8.77. The van der Waals surface area contributed by atoms with E-state index in [0.29, 0.717) is 83.8 Å². The number of morpholine rings is 1. The summed E-state index contributed by atoms with van der Waals surface area (Å²) in [6.07, 6.45) is 1.05. The third kappa shape index (κ3) is 6.57. The molecule has 55 heavy (non-hydrogen) atoms. The van der Waals surface area contributed by atoms with Gasteiger partial charge in [0.05, 0.1) is 44.1 Å². The van der Waals surface area contributed by atoms with Gasteiger partial charge in [-0.3, -0.25) is 4.79 Å². The molecule has 0 radical (unpaired) electrons. The van der Waals surface area contributed by atoms with Gasteiger partial charge >= 0.3 is 12.2 Å². The molecular weight excluding hydrogens is 706 g/mol. The summed E-state index contributed by atoms with van der Waals surface area (Å²) in [7, 11) is 3.15. The van der Waals surface area contributed by atoms with Crippen LogP contribution in [0, 0.1) is 0 Å². The van der Waals surface area contributed by atoms with Gasteiger partial charge in [-0.1, -0.05) is 6.07 Å². The largest absolute Gasteiger partial charge is 0.497 e. The van der Waals surface area contributed by atoms with Crippen molar-refractivity contribution in [3.05, 3.63) is 53.3 Å². The first-order valence-electron chi connectivity index (χ1n) is 18.7. The van der Waals surface area contributed by atoms with Crippen molar-refractivity contribution in [1.29, 1.82) is 0 Å². The smallest absolute Gasteiger partial charge is 0.435 e. The average molecular weight is 754 g/mol. The molecule has 4 heterocycles. The lowest BCUT2D eigenvalue weighted by atomic mass is 9.91. The zero-order valence-electron chi connectivity index (χ0n) is 32.5. The van der Waals surface area contributed by atoms with Crippen molar-refractivity contribution in [3.63, 3.8) is 0 Å². The van der Waals surface area contributed by atoms with Crippen molar-refractivity contribution in [1.82, 2.24) is 19.7 Å². The molecule has 0 unspecified atom stereocenters. The number of methoxy groups -OCH3 is 2. The first kappa shape index (κ1) is 36.5. The van der Waals surface area contributed by atoms with E-state index in [1.807, 2.05) is 24.3 Å². The summed E-state index contributed by atoms with van der Waals surface area (Å²) in [5.74, 6) is 2.81. The molecular formula is C40H47N7O8. The molecule has 15 nitrogen and oxygen atoms in total. The molecule has 0 bridgehead atoms. The molecule has 1 saturated heterocycles. The molecule has 3 fully saturated rings. The summed E-state index contributed by atoms with van der Waals surface area (Å²) < 4.78 is 29.8. The quantitative estimate of drug-likeness (QED) is 0.210. The van der Waals surface area contributed by atoms with Crippen molar-refractivity contribution in [2.75, 3.05) is 55.6 Å². The number of amides is 2. The van der Waals surface area contributed by atoms with E-state index in [1.165, 1.54) is 4.68 Å². The van der Waals surface area contributed by atoms with Crippen LogP contribution in [0.25, 0.3) is 10.9 Å². The molecule has 1 N–H and O–H groups in total. The first-order valence-corrected chi connectivity index (χ1v) is 18.7. The Morgan fingerprint density at radius 2 is 1.60 bits per heavy atom. The highest BCUT2D eigenvalue weighted by Gasteiger charge is 2.68. The minimum absolute atomic E-state index is 0.255. The molecule has 4 aliphatic rings. The van der Waals surface area contributed by atoms with Crippen LogP contribution in [0.2, 0.25) is 0 Å². The first-order chi connectivity index (χ1) is 26.1. The number of carbonyl (C=O) groups excluding carboxylic acids is 3. The fourth-order valence-corrected chi connectivity index (χ4v) is 7.55. The Morgan fingerprint density at radius 3 is 2.25 bits per heavy atom. The van der Waals surface area contributed by atoms with E-state index in [2.05, 4.69) is 10.2 Å². The second-order valence-electron chi connectivity index (χ2n) is 16.5. The van der Waals surface area contributed by atoms with Crippen molar-refractivity contribution in [2.45, 2.75) is 89.3 Å². The highest BCUT2D eigenvalue weighted by Crippen LogP contribution is 2.67. The zero-order valence-corrected chi connectivity index (χ0v) is 32.5. The lowest BCUT2D eigenvalue weighted by molar-refractivity contribution is -0.120. The van der Waals surface area contributed by atoms with E-state index < -0.39 is 28.8 Å². The molecule has 15 heteroatoms. The third-order valence-corrected chi connectivity index (χ3v) is 10.3. The SMILES string of the molecule is COc1ccc2c(c1)[C@]1(C[C@H]1c1ccc3c(Nc4nc(C5CC5)nc(N5CCOCC5)c4OC)nn(C(=O)OC(C)(C)C)c3c1)C(=O)N2C(=O)OC(C)(C)C. The number of hydrogen-bond donors (Lipinski definition) is 1. The number of hydrogen-bond acceptors (Lipinski definition) is 13. The van der Waals surface area contributed by atoms with E-state index >= 15 is 0 Å². The number of aromatic nitrogens is 4. The van der Waals surface area contributed by atoms with Gasteiger partial charge in [0.15, 0.2) is 17.5 Å². The van der Waals surface area contributed by atoms with Gasteiger partial charge < -0.3 is 33.9 Å². The van der Waals surface area contributed by atoms with Gasteiger partial charge in [-0.25, -0.2) is 24.5 Å². The predicted octanol–water partition coefficient (Wildman–Crippen LogP) is 6.79. The van der Waals surface area contributed by atoms with Gasteiger partial charge in [0.2, 0.25) is 11.7 Å². The summed E-state index contributed by atoms with van der Waals surface area (Å²) in [6.45, 7) is 13.1. The molecule has 4 aromatic rings. The molecule has 2 aromatic heterocycles. The number of imide groups is 1. The number of nitrogens with one attached hydrogen (secondary N) is 1. The molecule has 1 spiro atoms. The Bertz CT molecular complexity index is 2210. The normalized spacial score (nSPS) is 20.8. The Labute approximate surface area is 319 Å². The van der Waals surface area contributed by atoms with Crippen LogP contribution in [-0.2, 0) is 24.4 Å². The summed E-state index contributed by atoms with van der Waals surface area (Å²) >= 11 is 0. The third-order valence-electron chi connectivity index (χ3n) is 10.3. The molecule has 2 aromatic carbocycles. The van der Waals surface area contributed by atoms with Gasteiger partial charge in [0.25, 0.3) is 0 Å². The lowest BCUT2D eigenvalue weighted by Gasteiger charge is -2.29. The van der Waals surface area contributed by atoms with Gasteiger partial charge in [-0.2, -0.15) is 4.68 Å². The van der Waals surface area contributed by atoms with Gasteiger partial charge in [0.1, 0.15) is 22.8 Å². The van der Waals surface area contributed by atoms with Crippen molar-refractivity contribution < 1.29 is 38.1 Å². The second kappa shape index (κ2) is 13.1. The van der Waals surface area contributed by atoms with Crippen LogP contribution in [0.3, 0.4) is 0 Å². The number of ether oxygens (including phenoxy) is 5. The van der Waals surface area contributed by atoms with Crippen LogP contribution >= 0.6 is 0 Å². The molecule has 2 aliphatic carbocycles. The van der Waals surface area contributed by atoms with Crippen molar-refractivity contribution in [2.24, 2.45) is 0 Å². The number of fused-ring (bicyclic) bond motifs is 3. The number of benzene rings is 2. The van der Waals surface area contributed by atoms with Crippen LogP contribution in [-0.4, -0.2) is 89.6 Å². The maximum absolute atomic E-state index is 14.4. The van der Waals surface area contributed by atoms with E-state index in [4.69, 9.17) is 38.8 Å². The summed E-state index contributed by atoms with van der Waals surface area (Å²) in [6, 6.07) is 10.9. The maximum atomic E-state index is 14.4. The molecule has 2 amide bonds. The number of nitrogens with zero attached hydrogens (tertiary/aromatic N) is 6. The minimum Gasteiger partial charge on any atom is -0.497 e. The summed E-state index contributed by atoms with van der Waals surface area (Å²) in [5.41, 5.74) is -0.214. The van der Waals surface area contributed by atoms with E-state index in [-0.39, 0.29) is 17.7 Å². The summed E-state index contributed by atoms with van der Waals surface area (Å²) in [4.78, 5) is 54.8. The Balaban J connectivity index is 1.21. The molecule has 8 rings (SSSR count). The number of rotatable bonds is 7. The second-order valence-corrected chi connectivity index (χ2v) is 16.5. The Morgan fingerprint density at radius 1 is 0.891 bits per heavy atom. The van der Waals surface area contributed by atoms with E-state index in [9.17, 15) is 14.4 Å². The fraction of sp³-hybridized carbons (Fsp3) is 0.500. The maximum Gasteiger partial charge on any atom is 0.435 e. The minimum atomic E-state index is -1.03. The highest BCUT2D eigenvalue weighted by atomic mass is 16.6. The van der Waals surface area contributed by atoms with Crippen molar-refractivity contribution >= 4 is 52.1 Å². The van der Waals surface area contributed by atoms with Crippen LogP contribution in [0.4, 0.5) is 32.7 Å². The monoisotopic (exact) mass is 753 g/mol. The molecule has 2 atom stereocenters. The standard InChI is InChI=1S/C40H47N7O8/c1-38(2,3)54-36(49)46-28-14-12-24(51-7)20-26(28)40(35(46)48)21-27(40)23-11-13-25-29(19-23)47(37(50)55-39(4,5)6)44-32(25)42-33-30(52-8)34(45-15-17-53-18-16-45)43-31(41-33)22-9-10-22/h11-14,19-20,22,27H,9-10,15-18,21H2,1-8H3,(H,41,42,43,44)/t27-,40-/m0/s1. The Hall–Kier alpha value is -5.44. The zero-order chi connectivity index (χ0) is 39.0. The Kier molecular flexibility index (Phi) is 8.70. The molecule has 2 saturated carbocycles. The fourth-order valence-electron chi connectivity index (χ4n) is 7.55. The molecule has 290 valence electrons. The predicted molar refractivity (Wildman–Crippen MR) is 204 cm³/mol. The number of carbonyl (C=O) groups is 3.